The van der Waals surface area contributed by atoms with E-state index in [1.807, 2.05) is 63.7 Å². The Labute approximate surface area is 244 Å². The molecule has 41 heavy (non-hydrogen) atoms. The van der Waals surface area contributed by atoms with Crippen LogP contribution in [-0.4, -0.2) is 108 Å². The van der Waals surface area contributed by atoms with Gasteiger partial charge in [0.05, 0.1) is 7.11 Å². The molecule has 0 spiro atoms. The Morgan fingerprint density at radius 1 is 0.707 bits per heavy atom. The van der Waals surface area contributed by atoms with E-state index >= 15 is 0 Å². The van der Waals surface area contributed by atoms with Gasteiger partial charge in [-0.15, -0.1) is 0 Å². The molecule has 0 aromatic carbocycles. The van der Waals surface area contributed by atoms with Crippen LogP contribution in [0.1, 0.15) is 55.4 Å². The van der Waals surface area contributed by atoms with Gasteiger partial charge in [0.25, 0.3) is 0 Å². The number of hydrogen-bond donors (Lipinski definition) is 0. The van der Waals surface area contributed by atoms with E-state index in [0.29, 0.717) is 50.7 Å². The minimum absolute atomic E-state index is 0.229. The number of aromatic nitrogens is 4. The first-order valence-corrected chi connectivity index (χ1v) is 13.9. The first-order valence-electron chi connectivity index (χ1n) is 13.9. The normalized spacial score (nSPS) is 12.3. The Morgan fingerprint density at radius 3 is 1.46 bits per heavy atom. The summed E-state index contributed by atoms with van der Waals surface area (Å²) in [4.78, 5) is 63.5. The van der Waals surface area contributed by atoms with Gasteiger partial charge in [-0.2, -0.15) is 0 Å². The van der Waals surface area contributed by atoms with E-state index in [-0.39, 0.29) is 11.8 Å². The van der Waals surface area contributed by atoms with Gasteiger partial charge in [-0.25, -0.2) is 24.7 Å². The molecule has 0 aliphatic heterocycles. The maximum absolute atomic E-state index is 13.7. The molecule has 2 rings (SSSR count). The van der Waals surface area contributed by atoms with Crippen molar-refractivity contribution in [2.45, 2.75) is 72.4 Å². The molecule has 0 saturated heterocycles. The summed E-state index contributed by atoms with van der Waals surface area (Å²) in [7, 11) is 8.32. The molecule has 2 aromatic rings. The number of hydrogen-bond acceptors (Lipinski definition) is 10. The third-order valence-corrected chi connectivity index (χ3v) is 7.10. The number of rotatable bonds is 14. The number of aryl methyl sites for hydroxylation is 4. The molecule has 2 heterocycles. The van der Waals surface area contributed by atoms with E-state index in [4.69, 9.17) is 4.74 Å². The van der Waals surface area contributed by atoms with Gasteiger partial charge >= 0.3 is 5.97 Å². The summed E-state index contributed by atoms with van der Waals surface area (Å²) >= 11 is 0. The summed E-state index contributed by atoms with van der Waals surface area (Å²) in [5, 5.41) is 0. The van der Waals surface area contributed by atoms with Crippen LogP contribution in [0.4, 0.5) is 11.9 Å². The van der Waals surface area contributed by atoms with Crippen molar-refractivity contribution in [1.29, 1.82) is 0 Å². The van der Waals surface area contributed by atoms with Gasteiger partial charge in [0.1, 0.15) is 12.1 Å². The maximum atomic E-state index is 13.7. The largest absolute Gasteiger partial charge is 0.467 e. The summed E-state index contributed by atoms with van der Waals surface area (Å²) in [5.74, 6) is 0.189. The van der Waals surface area contributed by atoms with Crippen LogP contribution in [0, 0.1) is 27.7 Å². The Morgan fingerprint density at radius 2 is 1.10 bits per heavy atom. The quantitative estimate of drug-likeness (QED) is 0.313. The predicted octanol–water partition coefficient (Wildman–Crippen LogP) is 2.48. The molecule has 0 aliphatic rings. The number of ether oxygens (including phenoxy) is 1. The third kappa shape index (κ3) is 9.65. The van der Waals surface area contributed by atoms with Crippen LogP contribution in [0.25, 0.3) is 0 Å². The number of nitrogens with zero attached hydrogens (tertiary/aromatic N) is 8. The lowest BCUT2D eigenvalue weighted by Crippen LogP contribution is -2.53. The molecular formula is C29H46N8O4. The summed E-state index contributed by atoms with van der Waals surface area (Å²) in [6.45, 7) is 10.3. The zero-order valence-electron chi connectivity index (χ0n) is 26.3. The Balaban J connectivity index is 2.10. The molecule has 12 heteroatoms. The number of esters is 1. The van der Waals surface area contributed by atoms with Crippen molar-refractivity contribution in [2.24, 2.45) is 0 Å². The second-order valence-electron chi connectivity index (χ2n) is 10.7. The number of carbonyl (C=O) groups is 3. The fourth-order valence-electron chi connectivity index (χ4n) is 4.70. The predicted molar refractivity (Wildman–Crippen MR) is 159 cm³/mol. The van der Waals surface area contributed by atoms with Crippen molar-refractivity contribution in [3.8, 4) is 0 Å². The molecule has 0 radical (unpaired) electrons. The highest BCUT2D eigenvalue weighted by Gasteiger charge is 2.34. The van der Waals surface area contributed by atoms with E-state index in [9.17, 15) is 14.4 Å². The van der Waals surface area contributed by atoms with E-state index in [0.717, 1.165) is 22.8 Å². The van der Waals surface area contributed by atoms with Gasteiger partial charge in [-0.1, -0.05) is 0 Å². The Bertz CT molecular complexity index is 1170. The molecule has 0 bridgehead atoms. The monoisotopic (exact) mass is 570 g/mol. The molecular weight excluding hydrogens is 524 g/mol. The van der Waals surface area contributed by atoms with Gasteiger partial charge in [0.15, 0.2) is 0 Å². The summed E-state index contributed by atoms with van der Waals surface area (Å²) < 4.78 is 5.05. The Hall–Kier alpha value is -3.83. The number of methoxy groups -OCH3 is 1. The number of amides is 2. The second-order valence-corrected chi connectivity index (χ2v) is 10.7. The lowest BCUT2D eigenvalue weighted by atomic mass is 10.0. The van der Waals surface area contributed by atoms with Crippen molar-refractivity contribution in [3.05, 3.63) is 34.9 Å². The molecule has 0 N–H and O–H groups in total. The topological polar surface area (TPSA) is 125 Å². The molecule has 12 nitrogen and oxygen atoms in total. The summed E-state index contributed by atoms with van der Waals surface area (Å²) in [6, 6.07) is 2.30. The highest BCUT2D eigenvalue weighted by molar-refractivity contribution is 5.90. The van der Waals surface area contributed by atoms with Crippen LogP contribution in [0.5, 0.6) is 0 Å². The van der Waals surface area contributed by atoms with Gasteiger partial charge < -0.3 is 24.3 Å². The van der Waals surface area contributed by atoms with Gasteiger partial charge in [-0.3, -0.25) is 9.59 Å². The first kappa shape index (κ1) is 33.4. The van der Waals surface area contributed by atoms with Crippen molar-refractivity contribution in [3.63, 3.8) is 0 Å². The van der Waals surface area contributed by atoms with Crippen molar-refractivity contribution >= 4 is 29.7 Å². The van der Waals surface area contributed by atoms with Crippen molar-refractivity contribution < 1.29 is 19.1 Å². The van der Waals surface area contributed by atoms with Crippen molar-refractivity contribution in [1.82, 2.24) is 29.7 Å². The average Bonchev–Trinajstić information content (AvgIpc) is 2.90. The van der Waals surface area contributed by atoms with Gasteiger partial charge in [0.2, 0.25) is 23.7 Å². The highest BCUT2D eigenvalue weighted by atomic mass is 16.5. The summed E-state index contributed by atoms with van der Waals surface area (Å²) in [6.07, 6.45) is 2.00. The molecule has 226 valence electrons. The lowest BCUT2D eigenvalue weighted by molar-refractivity contribution is -0.155. The molecule has 0 aliphatic carbocycles. The third-order valence-electron chi connectivity index (χ3n) is 7.10. The summed E-state index contributed by atoms with van der Waals surface area (Å²) in [5.41, 5.74) is 3.52. The molecule has 2 unspecified atom stereocenters. The van der Waals surface area contributed by atoms with Crippen LogP contribution in [-0.2, 0) is 19.1 Å². The van der Waals surface area contributed by atoms with E-state index in [1.54, 1.807) is 14.1 Å². The molecule has 2 aromatic heterocycles. The van der Waals surface area contributed by atoms with Gasteiger partial charge in [-0.05, 0) is 65.5 Å². The van der Waals surface area contributed by atoms with Gasteiger partial charge in [0, 0.05) is 71.0 Å². The van der Waals surface area contributed by atoms with Crippen LogP contribution >= 0.6 is 0 Å². The SMILES string of the molecule is COC(=O)C(CCCN(C)c1nc(C)cc(C)n1)N(C)C(=O)C(CCCN(C)c1nc(C)cc(C)n1)N(C)C(C)=O. The zero-order valence-corrected chi connectivity index (χ0v) is 26.3. The lowest BCUT2D eigenvalue weighted by Gasteiger charge is -2.34. The van der Waals surface area contributed by atoms with Crippen molar-refractivity contribution in [2.75, 3.05) is 58.2 Å². The number of carbonyl (C=O) groups excluding carboxylic acids is 3. The minimum atomic E-state index is -0.796. The smallest absolute Gasteiger partial charge is 0.328 e. The van der Waals surface area contributed by atoms with Crippen LogP contribution in [0.3, 0.4) is 0 Å². The van der Waals surface area contributed by atoms with E-state index in [2.05, 4.69) is 19.9 Å². The molecule has 0 saturated carbocycles. The zero-order chi connectivity index (χ0) is 30.9. The van der Waals surface area contributed by atoms with Crippen LogP contribution < -0.4 is 9.80 Å². The molecule has 2 amide bonds. The van der Waals surface area contributed by atoms with E-state index < -0.39 is 18.1 Å². The minimum Gasteiger partial charge on any atom is -0.467 e. The molecule has 0 fully saturated rings. The Kier molecular flexibility index (Phi) is 12.4. The highest BCUT2D eigenvalue weighted by Crippen LogP contribution is 2.17. The second kappa shape index (κ2) is 15.2. The average molecular weight is 571 g/mol. The van der Waals surface area contributed by atoms with E-state index in [1.165, 1.54) is 23.8 Å². The number of anilines is 2. The maximum Gasteiger partial charge on any atom is 0.328 e. The standard InChI is InChI=1S/C29H46N8O4/c1-19-17-20(2)31-28(30-19)34(6)15-11-13-24(36(8)23(5)38)26(39)37(9)25(27(40)41-10)14-12-16-35(7)29-32-21(3)18-22(4)33-29/h17-18,24-25H,11-16H2,1-10H3. The fraction of sp³-hybridized carbons (Fsp3) is 0.621. The first-order chi connectivity index (χ1) is 19.2. The van der Waals surface area contributed by atoms with Crippen LogP contribution in [0.2, 0.25) is 0 Å². The fourth-order valence-corrected chi connectivity index (χ4v) is 4.70. The van der Waals surface area contributed by atoms with Crippen LogP contribution in [0.15, 0.2) is 12.1 Å². The number of likely N-dealkylation sites (N-methyl/N-ethyl adjacent to an activating group) is 2. The molecule has 2 atom stereocenters.